The van der Waals surface area contributed by atoms with Gasteiger partial charge in [0.2, 0.25) is 0 Å². The molecular formula is C19H24N2O2. The molecule has 0 aliphatic carbocycles. The van der Waals surface area contributed by atoms with E-state index in [4.69, 9.17) is 10.5 Å². The van der Waals surface area contributed by atoms with E-state index in [1.54, 1.807) is 0 Å². The number of hydrogen-bond acceptors (Lipinski definition) is 3. The van der Waals surface area contributed by atoms with E-state index in [1.807, 2.05) is 62.4 Å². The van der Waals surface area contributed by atoms with Gasteiger partial charge in [-0.1, -0.05) is 31.2 Å². The Balaban J connectivity index is 1.83. The Labute approximate surface area is 137 Å². The van der Waals surface area contributed by atoms with Crippen LogP contribution in [0.3, 0.4) is 0 Å². The molecule has 4 nitrogen and oxygen atoms in total. The number of nitrogens with two attached hydrogens (primary N) is 1. The summed E-state index contributed by atoms with van der Waals surface area (Å²) >= 11 is 0. The number of hydrogen-bond donors (Lipinski definition) is 2. The normalized spacial score (nSPS) is 11.7. The summed E-state index contributed by atoms with van der Waals surface area (Å²) in [7, 11) is 0. The molecule has 2 aromatic rings. The molecule has 4 heteroatoms. The van der Waals surface area contributed by atoms with Gasteiger partial charge in [-0.3, -0.25) is 4.79 Å². The molecule has 0 heterocycles. The SMILES string of the molecule is CCC(Oc1cccc(C)c1)C(=O)NCCc1ccc(N)cc1. The van der Waals surface area contributed by atoms with Gasteiger partial charge in [-0.15, -0.1) is 0 Å². The van der Waals surface area contributed by atoms with Crippen LogP contribution in [0.5, 0.6) is 5.75 Å². The zero-order valence-corrected chi connectivity index (χ0v) is 13.7. The third-order valence-corrected chi connectivity index (χ3v) is 3.62. The number of benzene rings is 2. The lowest BCUT2D eigenvalue weighted by Crippen LogP contribution is -2.38. The third-order valence-electron chi connectivity index (χ3n) is 3.62. The number of nitrogen functional groups attached to an aromatic ring is 1. The first-order chi connectivity index (χ1) is 11.1. The average Bonchev–Trinajstić information content (AvgIpc) is 2.54. The molecule has 0 saturated heterocycles. The van der Waals surface area contributed by atoms with E-state index in [0.717, 1.165) is 29.0 Å². The van der Waals surface area contributed by atoms with Crippen LogP contribution in [0.4, 0.5) is 5.69 Å². The third kappa shape index (κ3) is 5.33. The number of ether oxygens (including phenoxy) is 1. The number of rotatable bonds is 7. The minimum absolute atomic E-state index is 0.0792. The van der Waals surface area contributed by atoms with Gasteiger partial charge in [0.05, 0.1) is 0 Å². The van der Waals surface area contributed by atoms with E-state index in [0.29, 0.717) is 13.0 Å². The maximum Gasteiger partial charge on any atom is 0.261 e. The molecule has 0 aliphatic heterocycles. The van der Waals surface area contributed by atoms with Gasteiger partial charge < -0.3 is 15.8 Å². The van der Waals surface area contributed by atoms with Gasteiger partial charge in [-0.05, 0) is 55.2 Å². The van der Waals surface area contributed by atoms with Gasteiger partial charge in [0, 0.05) is 12.2 Å². The lowest BCUT2D eigenvalue weighted by Gasteiger charge is -2.17. The molecule has 0 radical (unpaired) electrons. The van der Waals surface area contributed by atoms with Crippen molar-refractivity contribution in [3.05, 3.63) is 59.7 Å². The second-order valence-corrected chi connectivity index (χ2v) is 5.61. The summed E-state index contributed by atoms with van der Waals surface area (Å²) in [6, 6.07) is 15.4. The van der Waals surface area contributed by atoms with Gasteiger partial charge >= 0.3 is 0 Å². The fourth-order valence-electron chi connectivity index (χ4n) is 2.30. The molecule has 1 amide bonds. The first-order valence-electron chi connectivity index (χ1n) is 7.94. The van der Waals surface area contributed by atoms with Crippen molar-refractivity contribution in [1.29, 1.82) is 0 Å². The standard InChI is InChI=1S/C19H24N2O2/c1-3-18(23-17-6-4-5-14(2)13-17)19(22)21-12-11-15-7-9-16(20)10-8-15/h4-10,13,18H,3,11-12,20H2,1-2H3,(H,21,22). The number of amides is 1. The molecule has 1 atom stereocenters. The van der Waals surface area contributed by atoms with Crippen molar-refractivity contribution in [2.45, 2.75) is 32.8 Å². The highest BCUT2D eigenvalue weighted by Crippen LogP contribution is 2.15. The number of carbonyl (C=O) groups excluding carboxylic acids is 1. The maximum absolute atomic E-state index is 12.3. The number of nitrogens with one attached hydrogen (secondary N) is 1. The highest BCUT2D eigenvalue weighted by atomic mass is 16.5. The quantitative estimate of drug-likeness (QED) is 0.772. The van der Waals surface area contributed by atoms with Crippen molar-refractivity contribution in [1.82, 2.24) is 5.32 Å². The predicted octanol–water partition coefficient (Wildman–Crippen LogP) is 3.09. The molecule has 0 spiro atoms. The topological polar surface area (TPSA) is 64.3 Å². The van der Waals surface area contributed by atoms with Crippen molar-refractivity contribution < 1.29 is 9.53 Å². The fraction of sp³-hybridized carbons (Fsp3) is 0.316. The van der Waals surface area contributed by atoms with Crippen LogP contribution in [0.1, 0.15) is 24.5 Å². The Hall–Kier alpha value is -2.49. The summed E-state index contributed by atoms with van der Waals surface area (Å²) in [4.78, 5) is 12.3. The van der Waals surface area contributed by atoms with Crippen molar-refractivity contribution in [3.8, 4) is 5.75 Å². The molecule has 2 aromatic carbocycles. The van der Waals surface area contributed by atoms with Crippen LogP contribution < -0.4 is 15.8 Å². The molecule has 0 aromatic heterocycles. The Kier molecular flexibility index (Phi) is 6.03. The summed E-state index contributed by atoms with van der Waals surface area (Å²) in [5.74, 6) is 0.648. The summed E-state index contributed by atoms with van der Waals surface area (Å²) in [6.45, 7) is 4.52. The van der Waals surface area contributed by atoms with E-state index >= 15 is 0 Å². The van der Waals surface area contributed by atoms with Crippen molar-refractivity contribution >= 4 is 11.6 Å². The minimum atomic E-state index is -0.469. The van der Waals surface area contributed by atoms with Gasteiger partial charge in [0.15, 0.2) is 6.10 Å². The lowest BCUT2D eigenvalue weighted by atomic mass is 10.1. The Morgan fingerprint density at radius 1 is 1.22 bits per heavy atom. The minimum Gasteiger partial charge on any atom is -0.481 e. The molecule has 0 fully saturated rings. The summed E-state index contributed by atoms with van der Waals surface area (Å²) in [5.41, 5.74) is 8.66. The molecular weight excluding hydrogens is 288 g/mol. The second kappa shape index (κ2) is 8.22. The zero-order chi connectivity index (χ0) is 16.7. The summed E-state index contributed by atoms with van der Waals surface area (Å²) < 4.78 is 5.80. The molecule has 0 bridgehead atoms. The Morgan fingerprint density at radius 3 is 2.61 bits per heavy atom. The Bertz CT molecular complexity index is 638. The highest BCUT2D eigenvalue weighted by molar-refractivity contribution is 5.81. The number of aryl methyl sites for hydroxylation is 1. The molecule has 1 unspecified atom stereocenters. The van der Waals surface area contributed by atoms with Crippen LogP contribution >= 0.6 is 0 Å². The van der Waals surface area contributed by atoms with Crippen molar-refractivity contribution in [3.63, 3.8) is 0 Å². The van der Waals surface area contributed by atoms with Crippen LogP contribution in [-0.2, 0) is 11.2 Å². The Morgan fingerprint density at radius 2 is 1.96 bits per heavy atom. The van der Waals surface area contributed by atoms with Crippen LogP contribution in [0.15, 0.2) is 48.5 Å². The predicted molar refractivity (Wildman–Crippen MR) is 93.5 cm³/mol. The maximum atomic E-state index is 12.3. The fourth-order valence-corrected chi connectivity index (χ4v) is 2.30. The van der Waals surface area contributed by atoms with Gasteiger partial charge in [-0.2, -0.15) is 0 Å². The van der Waals surface area contributed by atoms with E-state index in [2.05, 4.69) is 5.32 Å². The van der Waals surface area contributed by atoms with Crippen molar-refractivity contribution in [2.24, 2.45) is 0 Å². The zero-order valence-electron chi connectivity index (χ0n) is 13.7. The van der Waals surface area contributed by atoms with E-state index in [1.165, 1.54) is 0 Å². The van der Waals surface area contributed by atoms with E-state index < -0.39 is 6.10 Å². The van der Waals surface area contributed by atoms with Gasteiger partial charge in [-0.25, -0.2) is 0 Å². The van der Waals surface area contributed by atoms with Crippen LogP contribution in [0.25, 0.3) is 0 Å². The first kappa shape index (κ1) is 16.9. The van der Waals surface area contributed by atoms with Gasteiger partial charge in [0.1, 0.15) is 5.75 Å². The van der Waals surface area contributed by atoms with Crippen LogP contribution in [-0.4, -0.2) is 18.6 Å². The van der Waals surface area contributed by atoms with E-state index in [-0.39, 0.29) is 5.91 Å². The first-order valence-corrected chi connectivity index (χ1v) is 7.94. The molecule has 0 saturated carbocycles. The second-order valence-electron chi connectivity index (χ2n) is 5.61. The molecule has 122 valence electrons. The number of anilines is 1. The van der Waals surface area contributed by atoms with Crippen molar-refractivity contribution in [2.75, 3.05) is 12.3 Å². The monoisotopic (exact) mass is 312 g/mol. The molecule has 2 rings (SSSR count). The molecule has 3 N–H and O–H groups in total. The summed E-state index contributed by atoms with van der Waals surface area (Å²) in [6.07, 6.45) is 0.928. The average molecular weight is 312 g/mol. The molecule has 0 aliphatic rings. The molecule has 23 heavy (non-hydrogen) atoms. The van der Waals surface area contributed by atoms with Crippen LogP contribution in [0.2, 0.25) is 0 Å². The lowest BCUT2D eigenvalue weighted by molar-refractivity contribution is -0.128. The largest absolute Gasteiger partial charge is 0.481 e. The summed E-state index contributed by atoms with van der Waals surface area (Å²) in [5, 5.41) is 2.94. The van der Waals surface area contributed by atoms with Crippen LogP contribution in [0, 0.1) is 6.92 Å². The van der Waals surface area contributed by atoms with Gasteiger partial charge in [0.25, 0.3) is 5.91 Å². The number of carbonyl (C=O) groups is 1. The smallest absolute Gasteiger partial charge is 0.261 e. The van der Waals surface area contributed by atoms with E-state index in [9.17, 15) is 4.79 Å². The highest BCUT2D eigenvalue weighted by Gasteiger charge is 2.17.